The van der Waals surface area contributed by atoms with Gasteiger partial charge in [-0.05, 0) is 43.2 Å². The minimum Gasteiger partial charge on any atom is -0.399 e. The molecule has 0 amide bonds. The number of nitriles is 1. The van der Waals surface area contributed by atoms with Crippen LogP contribution in [0.1, 0.15) is 24.8 Å². The van der Waals surface area contributed by atoms with E-state index in [-0.39, 0.29) is 0 Å². The summed E-state index contributed by atoms with van der Waals surface area (Å²) in [5.74, 6) is 1.06. The summed E-state index contributed by atoms with van der Waals surface area (Å²) in [6, 6.07) is 8.15. The molecule has 0 atom stereocenters. The molecule has 0 fully saturated rings. The molecule has 0 unspecified atom stereocenters. The van der Waals surface area contributed by atoms with Crippen molar-refractivity contribution in [1.29, 1.82) is 5.26 Å². The fourth-order valence-corrected chi connectivity index (χ4v) is 2.34. The van der Waals surface area contributed by atoms with E-state index in [1.165, 1.54) is 10.5 Å². The standard InChI is InChI=1S/C12H16N2S/c1-10-5-6-11(14)9-12(10)15-8-4-2-3-7-13/h5-6,9H,2-4,8,14H2,1H3. The van der Waals surface area contributed by atoms with E-state index in [9.17, 15) is 0 Å². The lowest BCUT2D eigenvalue weighted by Gasteiger charge is -2.05. The molecule has 0 radical (unpaired) electrons. The van der Waals surface area contributed by atoms with Crippen molar-refractivity contribution in [3.8, 4) is 6.07 Å². The molecule has 1 aromatic carbocycles. The van der Waals surface area contributed by atoms with E-state index in [1.54, 1.807) is 0 Å². The normalized spacial score (nSPS) is 9.87. The van der Waals surface area contributed by atoms with Crippen LogP contribution in [0.2, 0.25) is 0 Å². The van der Waals surface area contributed by atoms with Crippen LogP contribution in [0.25, 0.3) is 0 Å². The summed E-state index contributed by atoms with van der Waals surface area (Å²) in [5.41, 5.74) is 7.82. The molecule has 2 nitrogen and oxygen atoms in total. The monoisotopic (exact) mass is 220 g/mol. The minimum atomic E-state index is 0.663. The first-order chi connectivity index (χ1) is 7.24. The quantitative estimate of drug-likeness (QED) is 0.470. The molecule has 0 saturated carbocycles. The molecule has 0 bridgehead atoms. The highest BCUT2D eigenvalue weighted by molar-refractivity contribution is 7.99. The molecule has 0 aliphatic carbocycles. The zero-order valence-corrected chi connectivity index (χ0v) is 9.81. The molecular weight excluding hydrogens is 204 g/mol. The van der Waals surface area contributed by atoms with E-state index >= 15 is 0 Å². The predicted molar refractivity (Wildman–Crippen MR) is 65.8 cm³/mol. The Morgan fingerprint density at radius 3 is 2.93 bits per heavy atom. The number of nitrogens with zero attached hydrogens (tertiary/aromatic N) is 1. The number of thioether (sulfide) groups is 1. The van der Waals surface area contributed by atoms with Crippen LogP contribution in [0.15, 0.2) is 23.1 Å². The van der Waals surface area contributed by atoms with Crippen LogP contribution in [-0.4, -0.2) is 5.75 Å². The Balaban J connectivity index is 2.37. The highest BCUT2D eigenvalue weighted by atomic mass is 32.2. The van der Waals surface area contributed by atoms with Gasteiger partial charge in [-0.25, -0.2) is 0 Å². The Morgan fingerprint density at radius 2 is 2.20 bits per heavy atom. The van der Waals surface area contributed by atoms with E-state index in [0.29, 0.717) is 6.42 Å². The number of hydrogen-bond acceptors (Lipinski definition) is 3. The number of unbranched alkanes of at least 4 members (excludes halogenated alkanes) is 2. The molecule has 0 aliphatic heterocycles. The van der Waals surface area contributed by atoms with Crippen LogP contribution in [-0.2, 0) is 0 Å². The smallest absolute Gasteiger partial charge is 0.0621 e. The second kappa shape index (κ2) is 6.36. The Labute approximate surface area is 95.5 Å². The van der Waals surface area contributed by atoms with E-state index in [4.69, 9.17) is 11.0 Å². The van der Waals surface area contributed by atoms with E-state index in [2.05, 4.69) is 13.0 Å². The largest absolute Gasteiger partial charge is 0.399 e. The number of anilines is 1. The summed E-state index contributed by atoms with van der Waals surface area (Å²) in [5, 5.41) is 8.39. The fraction of sp³-hybridized carbons (Fsp3) is 0.417. The van der Waals surface area contributed by atoms with Gasteiger partial charge in [-0.2, -0.15) is 5.26 Å². The van der Waals surface area contributed by atoms with Crippen molar-refractivity contribution >= 4 is 17.4 Å². The fourth-order valence-electron chi connectivity index (χ4n) is 1.26. The summed E-state index contributed by atoms with van der Waals surface area (Å²) in [6.45, 7) is 2.09. The van der Waals surface area contributed by atoms with Crippen molar-refractivity contribution in [2.24, 2.45) is 0 Å². The first-order valence-electron chi connectivity index (χ1n) is 5.10. The van der Waals surface area contributed by atoms with Gasteiger partial charge in [0.1, 0.15) is 0 Å². The van der Waals surface area contributed by atoms with Gasteiger partial charge in [-0.1, -0.05) is 6.07 Å². The Morgan fingerprint density at radius 1 is 1.40 bits per heavy atom. The second-order valence-corrected chi connectivity index (χ2v) is 4.63. The van der Waals surface area contributed by atoms with Crippen LogP contribution in [0.3, 0.4) is 0 Å². The van der Waals surface area contributed by atoms with E-state index in [0.717, 1.165) is 24.3 Å². The van der Waals surface area contributed by atoms with Gasteiger partial charge >= 0.3 is 0 Å². The minimum absolute atomic E-state index is 0.663. The number of rotatable bonds is 5. The molecular formula is C12H16N2S. The third-order valence-corrected chi connectivity index (χ3v) is 3.40. The van der Waals surface area contributed by atoms with Gasteiger partial charge in [0.25, 0.3) is 0 Å². The Hall–Kier alpha value is -1.14. The Bertz CT molecular complexity index is 355. The summed E-state index contributed by atoms with van der Waals surface area (Å²) in [7, 11) is 0. The molecule has 0 spiro atoms. The lowest BCUT2D eigenvalue weighted by Crippen LogP contribution is -1.88. The SMILES string of the molecule is Cc1ccc(N)cc1SCCCCC#N. The molecule has 1 rings (SSSR count). The van der Waals surface area contributed by atoms with Gasteiger partial charge in [0.2, 0.25) is 0 Å². The number of aryl methyl sites for hydroxylation is 1. The van der Waals surface area contributed by atoms with Crippen molar-refractivity contribution in [3.63, 3.8) is 0 Å². The number of hydrogen-bond donors (Lipinski definition) is 1. The maximum Gasteiger partial charge on any atom is 0.0621 e. The molecule has 3 heteroatoms. The van der Waals surface area contributed by atoms with Gasteiger partial charge in [-0.3, -0.25) is 0 Å². The molecule has 0 heterocycles. The van der Waals surface area contributed by atoms with Gasteiger partial charge < -0.3 is 5.73 Å². The highest BCUT2D eigenvalue weighted by Gasteiger charge is 1.99. The van der Waals surface area contributed by atoms with Gasteiger partial charge in [0.15, 0.2) is 0 Å². The molecule has 0 saturated heterocycles. The zero-order chi connectivity index (χ0) is 11.1. The summed E-state index contributed by atoms with van der Waals surface area (Å²) in [6.07, 6.45) is 2.74. The van der Waals surface area contributed by atoms with Crippen LogP contribution in [0, 0.1) is 18.3 Å². The molecule has 0 aliphatic rings. The maximum absolute atomic E-state index is 8.39. The molecule has 1 aromatic rings. The first kappa shape index (κ1) is 11.9. The summed E-state index contributed by atoms with van der Waals surface area (Å²) in [4.78, 5) is 1.26. The van der Waals surface area contributed by atoms with Crippen molar-refractivity contribution in [2.45, 2.75) is 31.1 Å². The van der Waals surface area contributed by atoms with Crippen molar-refractivity contribution in [2.75, 3.05) is 11.5 Å². The van der Waals surface area contributed by atoms with Crippen molar-refractivity contribution < 1.29 is 0 Å². The molecule has 80 valence electrons. The highest BCUT2D eigenvalue weighted by Crippen LogP contribution is 2.25. The molecule has 0 aromatic heterocycles. The van der Waals surface area contributed by atoms with Crippen LogP contribution >= 0.6 is 11.8 Å². The van der Waals surface area contributed by atoms with Crippen LogP contribution in [0.5, 0.6) is 0 Å². The molecule has 2 N–H and O–H groups in total. The average molecular weight is 220 g/mol. The topological polar surface area (TPSA) is 49.8 Å². The van der Waals surface area contributed by atoms with Gasteiger partial charge in [0.05, 0.1) is 6.07 Å². The zero-order valence-electron chi connectivity index (χ0n) is 8.99. The number of benzene rings is 1. The van der Waals surface area contributed by atoms with E-state index < -0.39 is 0 Å². The van der Waals surface area contributed by atoms with Crippen LogP contribution in [0.4, 0.5) is 5.69 Å². The average Bonchev–Trinajstić information content (AvgIpc) is 2.23. The second-order valence-electron chi connectivity index (χ2n) is 3.49. The van der Waals surface area contributed by atoms with Gasteiger partial charge in [-0.15, -0.1) is 11.8 Å². The third kappa shape index (κ3) is 4.26. The third-order valence-electron chi connectivity index (χ3n) is 2.15. The summed E-state index contributed by atoms with van der Waals surface area (Å²) < 4.78 is 0. The number of nitrogens with two attached hydrogens (primary N) is 1. The van der Waals surface area contributed by atoms with Gasteiger partial charge in [0, 0.05) is 17.0 Å². The lowest BCUT2D eigenvalue weighted by molar-refractivity contribution is 0.830. The summed E-state index contributed by atoms with van der Waals surface area (Å²) >= 11 is 1.82. The number of nitrogen functional groups attached to an aromatic ring is 1. The van der Waals surface area contributed by atoms with Crippen LogP contribution < -0.4 is 5.73 Å². The predicted octanol–water partition coefficient (Wildman–Crippen LogP) is 3.36. The Kier molecular flexibility index (Phi) is 5.06. The lowest BCUT2D eigenvalue weighted by atomic mass is 10.2. The first-order valence-corrected chi connectivity index (χ1v) is 6.08. The van der Waals surface area contributed by atoms with Crippen molar-refractivity contribution in [1.82, 2.24) is 0 Å². The molecule has 15 heavy (non-hydrogen) atoms. The van der Waals surface area contributed by atoms with E-state index in [1.807, 2.05) is 30.0 Å². The van der Waals surface area contributed by atoms with Crippen molar-refractivity contribution in [3.05, 3.63) is 23.8 Å². The maximum atomic E-state index is 8.39.